The van der Waals surface area contributed by atoms with Gasteiger partial charge in [-0.3, -0.25) is 9.59 Å². The van der Waals surface area contributed by atoms with Gasteiger partial charge in [0.05, 0.1) is 12.7 Å². The number of thiophene rings is 1. The summed E-state index contributed by atoms with van der Waals surface area (Å²) in [5.41, 5.74) is 0. The van der Waals surface area contributed by atoms with E-state index in [0.29, 0.717) is 12.2 Å². The largest absolute Gasteiger partial charge is 0.467 e. The van der Waals surface area contributed by atoms with Gasteiger partial charge in [0.25, 0.3) is 5.91 Å². The summed E-state index contributed by atoms with van der Waals surface area (Å²) in [7, 11) is 0. The highest BCUT2D eigenvalue weighted by molar-refractivity contribution is 7.10. The molecule has 0 aliphatic heterocycles. The summed E-state index contributed by atoms with van der Waals surface area (Å²) in [5, 5.41) is 5.17. The van der Waals surface area contributed by atoms with Gasteiger partial charge in [0.1, 0.15) is 5.76 Å². The van der Waals surface area contributed by atoms with Crippen LogP contribution in [-0.4, -0.2) is 28.8 Å². The average Bonchev–Trinajstić information content (AvgIpc) is 3.13. The van der Waals surface area contributed by atoms with Gasteiger partial charge in [-0.15, -0.1) is 11.3 Å². The quantitative estimate of drug-likeness (QED) is 0.780. The normalized spacial score (nSPS) is 18.8. The summed E-state index contributed by atoms with van der Waals surface area (Å²) < 4.78 is 5.60. The standard InChI is InChI=1S/C21H26N2O3S/c24-19(14-17-8-5-13-27-17)23(16-10-11-16)20(18-9-4-12-26-18)21(25)22-15-6-2-1-3-7-15/h4-5,8-9,12-13,15-16,20H,1-3,6-7,10-11,14H2,(H,22,25). The maximum atomic E-state index is 13.2. The second-order valence-electron chi connectivity index (χ2n) is 7.55. The Morgan fingerprint density at radius 3 is 2.59 bits per heavy atom. The van der Waals surface area contributed by atoms with Gasteiger partial charge in [-0.1, -0.05) is 25.3 Å². The first-order chi connectivity index (χ1) is 13.2. The van der Waals surface area contributed by atoms with E-state index in [9.17, 15) is 9.59 Å². The molecule has 2 aliphatic rings. The zero-order valence-electron chi connectivity index (χ0n) is 15.4. The van der Waals surface area contributed by atoms with E-state index in [1.54, 1.807) is 34.6 Å². The number of hydrogen-bond acceptors (Lipinski definition) is 4. The van der Waals surface area contributed by atoms with E-state index >= 15 is 0 Å². The molecule has 27 heavy (non-hydrogen) atoms. The number of carbonyl (C=O) groups excluding carboxylic acids is 2. The van der Waals surface area contributed by atoms with Crippen LogP contribution in [-0.2, 0) is 16.0 Å². The number of rotatable bonds is 7. The molecule has 2 aromatic heterocycles. The molecule has 2 heterocycles. The fourth-order valence-electron chi connectivity index (χ4n) is 3.93. The Labute approximate surface area is 163 Å². The Kier molecular flexibility index (Phi) is 5.62. The Morgan fingerprint density at radius 2 is 1.96 bits per heavy atom. The van der Waals surface area contributed by atoms with E-state index in [0.717, 1.165) is 43.4 Å². The summed E-state index contributed by atoms with van der Waals surface area (Å²) >= 11 is 1.58. The van der Waals surface area contributed by atoms with E-state index in [1.807, 2.05) is 17.5 Å². The maximum absolute atomic E-state index is 13.2. The molecule has 1 N–H and O–H groups in total. The fraction of sp³-hybridized carbons (Fsp3) is 0.524. The Bertz CT molecular complexity index is 747. The minimum atomic E-state index is -0.679. The number of furan rings is 1. The van der Waals surface area contributed by atoms with Crippen molar-refractivity contribution in [3.63, 3.8) is 0 Å². The molecule has 2 fully saturated rings. The number of nitrogens with one attached hydrogen (secondary N) is 1. The lowest BCUT2D eigenvalue weighted by atomic mass is 9.95. The molecule has 0 radical (unpaired) electrons. The first-order valence-corrected chi connectivity index (χ1v) is 10.8. The van der Waals surface area contributed by atoms with Crippen molar-refractivity contribution < 1.29 is 14.0 Å². The van der Waals surface area contributed by atoms with Crippen LogP contribution < -0.4 is 5.32 Å². The van der Waals surface area contributed by atoms with E-state index < -0.39 is 6.04 Å². The molecule has 6 heteroatoms. The minimum absolute atomic E-state index is 0.000133. The van der Waals surface area contributed by atoms with Crippen LogP contribution in [0.2, 0.25) is 0 Å². The third-order valence-electron chi connectivity index (χ3n) is 5.42. The van der Waals surface area contributed by atoms with Gasteiger partial charge in [-0.05, 0) is 49.3 Å². The first kappa shape index (κ1) is 18.3. The molecule has 1 unspecified atom stereocenters. The van der Waals surface area contributed by atoms with Crippen molar-refractivity contribution in [3.8, 4) is 0 Å². The zero-order chi connectivity index (χ0) is 18.6. The van der Waals surface area contributed by atoms with Crippen molar-refractivity contribution in [1.82, 2.24) is 10.2 Å². The molecular weight excluding hydrogens is 360 g/mol. The Hall–Kier alpha value is -2.08. The first-order valence-electron chi connectivity index (χ1n) is 9.89. The van der Waals surface area contributed by atoms with Crippen LogP contribution in [0.5, 0.6) is 0 Å². The molecule has 0 spiro atoms. The smallest absolute Gasteiger partial charge is 0.250 e. The lowest BCUT2D eigenvalue weighted by molar-refractivity contribution is -0.142. The third kappa shape index (κ3) is 4.43. The van der Waals surface area contributed by atoms with Gasteiger partial charge in [0.15, 0.2) is 6.04 Å². The van der Waals surface area contributed by atoms with Crippen LogP contribution in [0.25, 0.3) is 0 Å². The molecule has 0 saturated heterocycles. The van der Waals surface area contributed by atoms with Crippen molar-refractivity contribution in [2.45, 2.75) is 69.5 Å². The van der Waals surface area contributed by atoms with Gasteiger partial charge in [0, 0.05) is 17.0 Å². The van der Waals surface area contributed by atoms with Gasteiger partial charge in [-0.2, -0.15) is 0 Å². The molecule has 2 aliphatic carbocycles. The number of carbonyl (C=O) groups is 2. The second kappa shape index (κ2) is 8.30. The predicted molar refractivity (Wildman–Crippen MR) is 104 cm³/mol. The van der Waals surface area contributed by atoms with Crippen molar-refractivity contribution in [1.29, 1.82) is 0 Å². The second-order valence-corrected chi connectivity index (χ2v) is 8.58. The molecule has 144 valence electrons. The lowest BCUT2D eigenvalue weighted by Crippen LogP contribution is -2.48. The van der Waals surface area contributed by atoms with E-state index in [2.05, 4.69) is 5.32 Å². The molecule has 4 rings (SSSR count). The monoisotopic (exact) mass is 386 g/mol. The van der Waals surface area contributed by atoms with Gasteiger partial charge < -0.3 is 14.6 Å². The van der Waals surface area contributed by atoms with Gasteiger partial charge >= 0.3 is 0 Å². The maximum Gasteiger partial charge on any atom is 0.250 e. The highest BCUT2D eigenvalue weighted by atomic mass is 32.1. The molecule has 2 saturated carbocycles. The van der Waals surface area contributed by atoms with E-state index in [-0.39, 0.29) is 23.9 Å². The van der Waals surface area contributed by atoms with Crippen molar-refractivity contribution in [3.05, 3.63) is 46.5 Å². The van der Waals surface area contributed by atoms with Crippen molar-refractivity contribution in [2.24, 2.45) is 0 Å². The highest BCUT2D eigenvalue weighted by Crippen LogP contribution is 2.36. The van der Waals surface area contributed by atoms with Crippen molar-refractivity contribution >= 4 is 23.2 Å². The summed E-state index contributed by atoms with van der Waals surface area (Å²) in [4.78, 5) is 29.2. The van der Waals surface area contributed by atoms with Crippen LogP contribution in [0, 0.1) is 0 Å². The minimum Gasteiger partial charge on any atom is -0.467 e. The van der Waals surface area contributed by atoms with Crippen LogP contribution in [0.15, 0.2) is 40.3 Å². The Morgan fingerprint density at radius 1 is 1.15 bits per heavy atom. The molecular formula is C21H26N2O3S. The molecule has 5 nitrogen and oxygen atoms in total. The number of nitrogens with zero attached hydrogens (tertiary/aromatic N) is 1. The van der Waals surface area contributed by atoms with Gasteiger partial charge in [-0.25, -0.2) is 0 Å². The van der Waals surface area contributed by atoms with Crippen LogP contribution in [0.4, 0.5) is 0 Å². The topological polar surface area (TPSA) is 62.6 Å². The molecule has 0 bridgehead atoms. The zero-order valence-corrected chi connectivity index (χ0v) is 16.2. The summed E-state index contributed by atoms with van der Waals surface area (Å²) in [6, 6.07) is 7.17. The number of amides is 2. The predicted octanol–water partition coefficient (Wildman–Crippen LogP) is 4.06. The van der Waals surface area contributed by atoms with E-state index in [1.165, 1.54) is 6.42 Å². The van der Waals surface area contributed by atoms with Crippen LogP contribution >= 0.6 is 11.3 Å². The van der Waals surface area contributed by atoms with Crippen LogP contribution in [0.1, 0.15) is 61.6 Å². The summed E-state index contributed by atoms with van der Waals surface area (Å²) in [6.07, 6.45) is 9.38. The molecule has 2 amide bonds. The van der Waals surface area contributed by atoms with Crippen molar-refractivity contribution in [2.75, 3.05) is 0 Å². The summed E-state index contributed by atoms with van der Waals surface area (Å²) in [6.45, 7) is 0. The van der Waals surface area contributed by atoms with Gasteiger partial charge in [0.2, 0.25) is 5.91 Å². The van der Waals surface area contributed by atoms with E-state index in [4.69, 9.17) is 4.42 Å². The molecule has 0 aromatic carbocycles. The summed E-state index contributed by atoms with van der Waals surface area (Å²) in [5.74, 6) is 0.443. The number of hydrogen-bond donors (Lipinski definition) is 1. The highest BCUT2D eigenvalue weighted by Gasteiger charge is 2.42. The van der Waals surface area contributed by atoms with Crippen LogP contribution in [0.3, 0.4) is 0 Å². The fourth-order valence-corrected chi connectivity index (χ4v) is 4.63. The lowest BCUT2D eigenvalue weighted by Gasteiger charge is -2.32. The average molecular weight is 387 g/mol. The molecule has 2 aromatic rings. The third-order valence-corrected chi connectivity index (χ3v) is 6.30. The SMILES string of the molecule is O=C(NC1CCCCC1)C(c1ccco1)N(C(=O)Cc1cccs1)C1CC1. The Balaban J connectivity index is 1.55. The molecule has 1 atom stereocenters.